The van der Waals surface area contributed by atoms with Gasteiger partial charge in [-0.15, -0.1) is 24.8 Å². The first-order chi connectivity index (χ1) is 9.26. The molecule has 0 atom stereocenters. The summed E-state index contributed by atoms with van der Waals surface area (Å²) >= 11 is 5.43. The molecule has 0 N–H and O–H groups in total. The van der Waals surface area contributed by atoms with Gasteiger partial charge in [-0.25, -0.2) is 0 Å². The summed E-state index contributed by atoms with van der Waals surface area (Å²) < 4.78 is 58.1. The molecule has 0 saturated carbocycles. The zero-order valence-electron chi connectivity index (χ0n) is 10.3. The Hall–Kier alpha value is -1.57. The van der Waals surface area contributed by atoms with Crippen molar-refractivity contribution >= 4 is 17.6 Å². The van der Waals surface area contributed by atoms with Crippen LogP contribution in [0, 0.1) is 5.95 Å². The van der Waals surface area contributed by atoms with E-state index >= 15 is 0 Å². The smallest absolute Gasteiger partial charge is 0.466 e. The summed E-state index contributed by atoms with van der Waals surface area (Å²) in [6, 6.07) is 0.993. The number of hydrogen-bond acceptors (Lipinski definition) is 4. The summed E-state index contributed by atoms with van der Waals surface area (Å²) in [5, 5.41) is 0. The van der Waals surface area contributed by atoms with Gasteiger partial charge in [0.25, 0.3) is 0 Å². The first kappa shape index (κ1) is 16.5. The molecular weight excluding hydrogens is 306 g/mol. The van der Waals surface area contributed by atoms with E-state index in [1.807, 2.05) is 0 Å². The van der Waals surface area contributed by atoms with Crippen molar-refractivity contribution in [2.75, 3.05) is 6.61 Å². The molecular formula is C11H10ClF4NO3. The number of nitrogens with zero attached hydrogens (tertiary/aromatic N) is 1. The molecule has 1 heterocycles. The van der Waals surface area contributed by atoms with Crippen LogP contribution in [0.3, 0.4) is 0 Å². The van der Waals surface area contributed by atoms with Crippen LogP contribution in [-0.4, -0.2) is 23.9 Å². The van der Waals surface area contributed by atoms with Gasteiger partial charge in [0.1, 0.15) is 0 Å². The Balaban J connectivity index is 3.12. The van der Waals surface area contributed by atoms with Crippen LogP contribution in [0.5, 0.6) is 5.88 Å². The van der Waals surface area contributed by atoms with Crippen molar-refractivity contribution < 1.29 is 31.8 Å². The molecule has 0 spiro atoms. The lowest BCUT2D eigenvalue weighted by atomic mass is 10.1. The SMILES string of the molecule is CCOC(=O)Cc1cc(CCl)c(F)nc1OC(F)(F)F. The second-order valence-electron chi connectivity index (χ2n) is 3.57. The third kappa shape index (κ3) is 4.84. The third-order valence-electron chi connectivity index (χ3n) is 2.08. The van der Waals surface area contributed by atoms with E-state index in [-0.39, 0.29) is 23.6 Å². The molecule has 112 valence electrons. The molecule has 1 rings (SSSR count). The van der Waals surface area contributed by atoms with Crippen molar-refractivity contribution in [2.45, 2.75) is 25.6 Å². The predicted octanol–water partition coefficient (Wildman–Crippen LogP) is 2.96. The number of hydrogen-bond donors (Lipinski definition) is 0. The topological polar surface area (TPSA) is 48.4 Å². The lowest BCUT2D eigenvalue weighted by molar-refractivity contribution is -0.276. The highest BCUT2D eigenvalue weighted by Gasteiger charge is 2.33. The van der Waals surface area contributed by atoms with Gasteiger partial charge in [0.15, 0.2) is 0 Å². The van der Waals surface area contributed by atoms with E-state index in [9.17, 15) is 22.4 Å². The number of alkyl halides is 4. The lowest BCUT2D eigenvalue weighted by Crippen LogP contribution is -2.20. The van der Waals surface area contributed by atoms with Gasteiger partial charge in [-0.2, -0.15) is 9.37 Å². The molecule has 9 heteroatoms. The van der Waals surface area contributed by atoms with Gasteiger partial charge in [-0.1, -0.05) is 0 Å². The molecule has 0 fully saturated rings. The van der Waals surface area contributed by atoms with E-state index in [1.54, 1.807) is 0 Å². The second-order valence-corrected chi connectivity index (χ2v) is 3.83. The van der Waals surface area contributed by atoms with Crippen LogP contribution in [0.4, 0.5) is 17.6 Å². The maximum atomic E-state index is 13.3. The molecule has 1 aromatic rings. The van der Waals surface area contributed by atoms with Crippen molar-refractivity contribution in [2.24, 2.45) is 0 Å². The van der Waals surface area contributed by atoms with Crippen LogP contribution < -0.4 is 4.74 Å². The predicted molar refractivity (Wildman–Crippen MR) is 60.8 cm³/mol. The molecule has 0 aromatic carbocycles. The lowest BCUT2D eigenvalue weighted by Gasteiger charge is -2.13. The van der Waals surface area contributed by atoms with Crippen LogP contribution in [0.25, 0.3) is 0 Å². The second kappa shape index (κ2) is 6.74. The summed E-state index contributed by atoms with van der Waals surface area (Å²) in [6.45, 7) is 1.60. The molecule has 0 aliphatic carbocycles. The molecule has 0 bridgehead atoms. The van der Waals surface area contributed by atoms with E-state index in [4.69, 9.17) is 11.6 Å². The van der Waals surface area contributed by atoms with E-state index in [1.165, 1.54) is 6.92 Å². The first-order valence-corrected chi connectivity index (χ1v) is 5.96. The van der Waals surface area contributed by atoms with Crippen LogP contribution in [0.1, 0.15) is 18.1 Å². The number of esters is 1. The molecule has 20 heavy (non-hydrogen) atoms. The van der Waals surface area contributed by atoms with Gasteiger partial charge in [-0.3, -0.25) is 4.79 Å². The van der Waals surface area contributed by atoms with Gasteiger partial charge in [0.2, 0.25) is 11.8 Å². The van der Waals surface area contributed by atoms with Gasteiger partial charge in [0, 0.05) is 11.1 Å². The minimum Gasteiger partial charge on any atom is -0.466 e. The first-order valence-electron chi connectivity index (χ1n) is 5.42. The molecule has 0 saturated heterocycles. The Morgan fingerprint density at radius 1 is 1.40 bits per heavy atom. The standard InChI is InChI=1S/C11H10ClF4NO3/c1-2-19-8(18)4-6-3-7(5-12)9(13)17-10(6)20-11(14,15)16/h3H,2,4-5H2,1H3. The highest BCUT2D eigenvalue weighted by Crippen LogP contribution is 2.27. The zero-order chi connectivity index (χ0) is 15.3. The summed E-state index contributed by atoms with van der Waals surface area (Å²) in [7, 11) is 0. The molecule has 4 nitrogen and oxygen atoms in total. The average Bonchev–Trinajstić information content (AvgIpc) is 2.30. The number of rotatable bonds is 5. The van der Waals surface area contributed by atoms with Crippen molar-refractivity contribution in [1.29, 1.82) is 0 Å². The fraction of sp³-hybridized carbons (Fsp3) is 0.455. The Morgan fingerprint density at radius 2 is 2.05 bits per heavy atom. The maximum Gasteiger partial charge on any atom is 0.574 e. The van der Waals surface area contributed by atoms with E-state index in [2.05, 4.69) is 14.5 Å². The van der Waals surface area contributed by atoms with E-state index < -0.39 is 30.6 Å². The summed E-state index contributed by atoms with van der Waals surface area (Å²) in [4.78, 5) is 14.3. The van der Waals surface area contributed by atoms with Crippen LogP contribution in [0.2, 0.25) is 0 Å². The monoisotopic (exact) mass is 315 g/mol. The molecule has 0 aliphatic heterocycles. The van der Waals surface area contributed by atoms with Crippen LogP contribution >= 0.6 is 11.6 Å². The number of carbonyl (C=O) groups excluding carboxylic acids is 1. The molecule has 0 aliphatic rings. The zero-order valence-corrected chi connectivity index (χ0v) is 11.0. The van der Waals surface area contributed by atoms with Crippen molar-refractivity contribution in [1.82, 2.24) is 4.98 Å². The number of ether oxygens (including phenoxy) is 2. The molecule has 0 amide bonds. The largest absolute Gasteiger partial charge is 0.574 e. The molecule has 0 radical (unpaired) electrons. The summed E-state index contributed by atoms with van der Waals surface area (Å²) in [5.74, 6) is -3.31. The Morgan fingerprint density at radius 3 is 2.55 bits per heavy atom. The fourth-order valence-corrected chi connectivity index (χ4v) is 1.54. The minimum absolute atomic E-state index is 0.0608. The normalized spacial score (nSPS) is 11.3. The van der Waals surface area contributed by atoms with Gasteiger partial charge >= 0.3 is 12.3 Å². The Kier molecular flexibility index (Phi) is 5.55. The van der Waals surface area contributed by atoms with Gasteiger partial charge < -0.3 is 9.47 Å². The van der Waals surface area contributed by atoms with Crippen LogP contribution in [-0.2, 0) is 21.8 Å². The molecule has 0 unspecified atom stereocenters. The van der Waals surface area contributed by atoms with Gasteiger partial charge in [-0.05, 0) is 13.0 Å². The number of pyridine rings is 1. The minimum atomic E-state index is -5.05. The fourth-order valence-electron chi connectivity index (χ4n) is 1.35. The van der Waals surface area contributed by atoms with E-state index in [0.29, 0.717) is 0 Å². The summed E-state index contributed by atoms with van der Waals surface area (Å²) in [6.07, 6.45) is -5.58. The van der Waals surface area contributed by atoms with Crippen molar-refractivity contribution in [3.63, 3.8) is 0 Å². The maximum absolute atomic E-state index is 13.3. The molecule has 1 aromatic heterocycles. The number of aromatic nitrogens is 1. The van der Waals surface area contributed by atoms with Crippen molar-refractivity contribution in [3.8, 4) is 5.88 Å². The quantitative estimate of drug-likeness (QED) is 0.363. The van der Waals surface area contributed by atoms with Gasteiger partial charge in [0.05, 0.1) is 18.9 Å². The van der Waals surface area contributed by atoms with Crippen molar-refractivity contribution in [3.05, 3.63) is 23.1 Å². The number of carbonyl (C=O) groups is 1. The average molecular weight is 316 g/mol. The summed E-state index contributed by atoms with van der Waals surface area (Å²) in [5.41, 5.74) is -0.390. The third-order valence-corrected chi connectivity index (χ3v) is 2.37. The number of halogens is 5. The Bertz CT molecular complexity index is 493. The Labute approximate surface area is 116 Å². The van der Waals surface area contributed by atoms with E-state index in [0.717, 1.165) is 6.07 Å². The highest BCUT2D eigenvalue weighted by atomic mass is 35.5. The highest BCUT2D eigenvalue weighted by molar-refractivity contribution is 6.17. The van der Waals surface area contributed by atoms with Crippen LogP contribution in [0.15, 0.2) is 6.07 Å².